The molecule has 1 aromatic carbocycles. The number of hydrogen-bond acceptors (Lipinski definition) is 3. The molecule has 0 radical (unpaired) electrons. The molecule has 104 valence electrons. The molecule has 1 saturated heterocycles. The van der Waals surface area contributed by atoms with Gasteiger partial charge in [0.15, 0.2) is 5.11 Å². The highest BCUT2D eigenvalue weighted by Gasteiger charge is 2.30. The molecule has 1 fully saturated rings. The highest BCUT2D eigenvalue weighted by Crippen LogP contribution is 2.30. The van der Waals surface area contributed by atoms with Crippen LogP contribution in [-0.2, 0) is 15.8 Å². The third kappa shape index (κ3) is 3.02. The molecule has 0 unspecified atom stereocenters. The van der Waals surface area contributed by atoms with Crippen LogP contribution in [0.1, 0.15) is 11.1 Å². The Morgan fingerprint density at radius 3 is 2.25 bits per heavy atom. The lowest BCUT2D eigenvalue weighted by Crippen LogP contribution is -2.51. The number of nitrogens with one attached hydrogen (secondary N) is 2. The fraction of sp³-hybridized carbons (Fsp3) is 0.0833. The lowest BCUT2D eigenvalue weighted by atomic mass is 10.1. The summed E-state index contributed by atoms with van der Waals surface area (Å²) in [4.78, 5) is 23.1. The van der Waals surface area contributed by atoms with E-state index in [1.165, 1.54) is 12.1 Å². The summed E-state index contributed by atoms with van der Waals surface area (Å²) in [7, 11) is 0. The standard InChI is InChI=1S/C12H7F3N2O2S/c13-12(14,15)7-3-1-2-6(4-7)5-8-9(18)16-11(20)17-10(8)19/h1-5H,(H2,16,17,18,19,20). The topological polar surface area (TPSA) is 58.2 Å². The van der Waals surface area contributed by atoms with Gasteiger partial charge in [0, 0.05) is 0 Å². The second-order valence-corrected chi connectivity index (χ2v) is 4.33. The predicted molar refractivity (Wildman–Crippen MR) is 68.3 cm³/mol. The Bertz CT molecular complexity index is 616. The largest absolute Gasteiger partial charge is 0.416 e. The highest BCUT2D eigenvalue weighted by atomic mass is 32.1. The Balaban J connectivity index is 2.38. The van der Waals surface area contributed by atoms with Gasteiger partial charge < -0.3 is 0 Å². The quantitative estimate of drug-likeness (QED) is 0.471. The normalized spacial score (nSPS) is 15.8. The van der Waals surface area contributed by atoms with Crippen LogP contribution in [0.15, 0.2) is 29.8 Å². The zero-order valence-electron chi connectivity index (χ0n) is 9.75. The van der Waals surface area contributed by atoms with Gasteiger partial charge in [-0.15, -0.1) is 0 Å². The molecule has 4 nitrogen and oxygen atoms in total. The number of amides is 2. The summed E-state index contributed by atoms with van der Waals surface area (Å²) in [6.45, 7) is 0. The van der Waals surface area contributed by atoms with Crippen molar-refractivity contribution in [3.8, 4) is 0 Å². The summed E-state index contributed by atoms with van der Waals surface area (Å²) in [5, 5.41) is 4.25. The average Bonchev–Trinajstić information content (AvgIpc) is 2.33. The molecule has 0 aromatic heterocycles. The molecule has 1 aromatic rings. The van der Waals surface area contributed by atoms with Gasteiger partial charge in [-0.25, -0.2) is 0 Å². The molecule has 0 bridgehead atoms. The van der Waals surface area contributed by atoms with Crippen LogP contribution in [0.25, 0.3) is 6.08 Å². The van der Waals surface area contributed by atoms with Gasteiger partial charge in [-0.3, -0.25) is 20.2 Å². The highest BCUT2D eigenvalue weighted by molar-refractivity contribution is 7.80. The minimum Gasteiger partial charge on any atom is -0.299 e. The molecule has 0 saturated carbocycles. The minimum atomic E-state index is -4.49. The van der Waals surface area contributed by atoms with E-state index in [1.54, 1.807) is 0 Å². The van der Waals surface area contributed by atoms with Crippen LogP contribution in [0.2, 0.25) is 0 Å². The number of rotatable bonds is 1. The molecule has 1 aliphatic rings. The first kappa shape index (κ1) is 14.2. The summed E-state index contributed by atoms with van der Waals surface area (Å²) in [6, 6.07) is 4.30. The van der Waals surface area contributed by atoms with Crippen molar-refractivity contribution in [2.24, 2.45) is 0 Å². The monoisotopic (exact) mass is 300 g/mol. The summed E-state index contributed by atoms with van der Waals surface area (Å²) < 4.78 is 37.7. The first-order valence-electron chi connectivity index (χ1n) is 5.33. The van der Waals surface area contributed by atoms with Crippen LogP contribution in [-0.4, -0.2) is 16.9 Å². The number of carbonyl (C=O) groups excluding carboxylic acids is 2. The SMILES string of the molecule is O=C1NC(=S)NC(=O)C1=Cc1cccc(C(F)(F)F)c1. The lowest BCUT2D eigenvalue weighted by molar-refractivity contribution is -0.137. The molecule has 0 aliphatic carbocycles. The first-order valence-corrected chi connectivity index (χ1v) is 5.74. The molecule has 1 aliphatic heterocycles. The third-order valence-electron chi connectivity index (χ3n) is 2.47. The van der Waals surface area contributed by atoms with E-state index in [0.717, 1.165) is 18.2 Å². The van der Waals surface area contributed by atoms with E-state index in [2.05, 4.69) is 22.9 Å². The minimum absolute atomic E-state index is 0.0907. The number of alkyl halides is 3. The van der Waals surface area contributed by atoms with Crippen molar-refractivity contribution in [2.45, 2.75) is 6.18 Å². The van der Waals surface area contributed by atoms with Gasteiger partial charge in [0.1, 0.15) is 5.57 Å². The van der Waals surface area contributed by atoms with Crippen LogP contribution in [0.3, 0.4) is 0 Å². The van der Waals surface area contributed by atoms with E-state index in [-0.39, 0.29) is 16.2 Å². The van der Waals surface area contributed by atoms with E-state index in [1.807, 2.05) is 0 Å². The van der Waals surface area contributed by atoms with E-state index < -0.39 is 23.6 Å². The maximum absolute atomic E-state index is 12.6. The van der Waals surface area contributed by atoms with Crippen LogP contribution in [0.5, 0.6) is 0 Å². The smallest absolute Gasteiger partial charge is 0.299 e. The number of carbonyl (C=O) groups is 2. The van der Waals surface area contributed by atoms with E-state index >= 15 is 0 Å². The van der Waals surface area contributed by atoms with Gasteiger partial charge in [0.25, 0.3) is 11.8 Å². The van der Waals surface area contributed by atoms with E-state index in [9.17, 15) is 22.8 Å². The fourth-order valence-corrected chi connectivity index (χ4v) is 1.76. The molecule has 2 amide bonds. The number of benzene rings is 1. The molecule has 2 rings (SSSR count). The summed E-state index contributed by atoms with van der Waals surface area (Å²) in [5.41, 5.74) is -1.08. The maximum Gasteiger partial charge on any atom is 0.416 e. The Hall–Kier alpha value is -2.22. The Labute approximate surface area is 116 Å². The van der Waals surface area contributed by atoms with Gasteiger partial charge in [0.2, 0.25) is 0 Å². The van der Waals surface area contributed by atoms with Crippen molar-refractivity contribution in [1.82, 2.24) is 10.6 Å². The second-order valence-electron chi connectivity index (χ2n) is 3.92. The molecule has 0 spiro atoms. The van der Waals surface area contributed by atoms with E-state index in [4.69, 9.17) is 0 Å². The van der Waals surface area contributed by atoms with Crippen LogP contribution in [0.4, 0.5) is 13.2 Å². The van der Waals surface area contributed by atoms with Gasteiger partial charge in [-0.05, 0) is 36.0 Å². The van der Waals surface area contributed by atoms with Gasteiger partial charge >= 0.3 is 6.18 Å². The van der Waals surface area contributed by atoms with E-state index in [0.29, 0.717) is 0 Å². The average molecular weight is 300 g/mol. The molecular weight excluding hydrogens is 293 g/mol. The van der Waals surface area contributed by atoms with Gasteiger partial charge in [0.05, 0.1) is 5.56 Å². The van der Waals surface area contributed by atoms with Crippen molar-refractivity contribution in [1.29, 1.82) is 0 Å². The molecule has 0 atom stereocenters. The van der Waals surface area contributed by atoms with Crippen LogP contribution in [0, 0.1) is 0 Å². The van der Waals surface area contributed by atoms with Crippen molar-refractivity contribution >= 4 is 35.2 Å². The van der Waals surface area contributed by atoms with Crippen LogP contribution >= 0.6 is 12.2 Å². The number of thiocarbonyl (C=S) groups is 1. The molecule has 2 N–H and O–H groups in total. The first-order chi connectivity index (χ1) is 9.27. The molecule has 1 heterocycles. The summed E-state index contributed by atoms with van der Waals surface area (Å²) in [5.74, 6) is -1.51. The maximum atomic E-state index is 12.6. The van der Waals surface area contributed by atoms with Crippen molar-refractivity contribution in [3.63, 3.8) is 0 Å². The Kier molecular flexibility index (Phi) is 3.58. The summed E-state index contributed by atoms with van der Waals surface area (Å²) >= 11 is 4.61. The van der Waals surface area contributed by atoms with Crippen molar-refractivity contribution < 1.29 is 22.8 Å². The Morgan fingerprint density at radius 2 is 1.70 bits per heavy atom. The second kappa shape index (κ2) is 5.04. The van der Waals surface area contributed by atoms with Gasteiger partial charge in [-0.2, -0.15) is 13.2 Å². The summed E-state index contributed by atoms with van der Waals surface area (Å²) in [6.07, 6.45) is -3.42. The van der Waals surface area contributed by atoms with Gasteiger partial charge in [-0.1, -0.05) is 12.1 Å². The van der Waals surface area contributed by atoms with Crippen molar-refractivity contribution in [3.05, 3.63) is 41.0 Å². The fourth-order valence-electron chi connectivity index (χ4n) is 1.58. The molecule has 8 heteroatoms. The third-order valence-corrected chi connectivity index (χ3v) is 2.67. The van der Waals surface area contributed by atoms with Crippen LogP contribution < -0.4 is 10.6 Å². The Morgan fingerprint density at radius 1 is 1.10 bits per heavy atom. The predicted octanol–water partition coefficient (Wildman–Crippen LogP) is 1.62. The number of halogens is 3. The molecular formula is C12H7F3N2O2S. The zero-order chi connectivity index (χ0) is 14.9. The number of hydrogen-bond donors (Lipinski definition) is 2. The van der Waals surface area contributed by atoms with Crippen molar-refractivity contribution in [2.75, 3.05) is 0 Å². The zero-order valence-corrected chi connectivity index (χ0v) is 10.6. The lowest BCUT2D eigenvalue weighted by Gasteiger charge is -2.16. The molecule has 20 heavy (non-hydrogen) atoms.